The summed E-state index contributed by atoms with van der Waals surface area (Å²) in [5, 5.41) is 0. The molecule has 0 aromatic heterocycles. The number of hydrogen-bond donors (Lipinski definition) is 0. The molecule has 0 aliphatic rings. The molecule has 21 heavy (non-hydrogen) atoms. The second-order valence-corrected chi connectivity index (χ2v) is 5.01. The van der Waals surface area contributed by atoms with Crippen molar-refractivity contribution in [1.29, 1.82) is 0 Å². The first kappa shape index (κ1) is 18.4. The van der Waals surface area contributed by atoms with E-state index >= 15 is 0 Å². The van der Waals surface area contributed by atoms with Crippen LogP contribution in [0.4, 0.5) is 4.39 Å². The quantitative estimate of drug-likeness (QED) is 0.562. The molecular weight excluding hydrogens is 343 g/mol. The Morgan fingerprint density at radius 3 is 2.19 bits per heavy atom. The molecule has 0 saturated carbocycles. The lowest BCUT2D eigenvalue weighted by Gasteiger charge is -2.11. The predicted molar refractivity (Wildman–Crippen MR) is 82.2 cm³/mol. The molecule has 120 valence electrons. The molecule has 0 aliphatic carbocycles. The summed E-state index contributed by atoms with van der Waals surface area (Å²) in [5.41, 5.74) is 0.476. The van der Waals surface area contributed by atoms with Gasteiger partial charge in [-0.05, 0) is 19.9 Å². The lowest BCUT2D eigenvalue weighted by Crippen LogP contribution is -2.08. The topological polar surface area (TPSA) is 36.9 Å². The Bertz CT molecular complexity index is 392. The minimum absolute atomic E-state index is 0.193. The van der Waals surface area contributed by atoms with Crippen LogP contribution in [-0.2, 0) is 20.8 Å². The van der Waals surface area contributed by atoms with Crippen molar-refractivity contribution in [2.24, 2.45) is 0 Å². The zero-order chi connectivity index (χ0) is 15.5. The van der Waals surface area contributed by atoms with Crippen LogP contribution in [0.3, 0.4) is 0 Å². The van der Waals surface area contributed by atoms with E-state index in [1.54, 1.807) is 6.07 Å². The minimum Gasteiger partial charge on any atom is -0.491 e. The maximum atomic E-state index is 14.0. The Kier molecular flexibility index (Phi) is 9.58. The average molecular weight is 365 g/mol. The van der Waals surface area contributed by atoms with E-state index in [0.29, 0.717) is 55.4 Å². The fraction of sp³-hybridized carbons (Fsp3) is 0.600. The van der Waals surface area contributed by atoms with Crippen LogP contribution >= 0.6 is 15.9 Å². The standard InChI is InChI=1S/C15H22BrFO4/c1-3-18-5-6-20-11-13-14(16)9-12(10-15(13)17)21-8-7-19-4-2/h9-10H,3-8,11H2,1-2H3. The molecule has 1 aromatic rings. The lowest BCUT2D eigenvalue weighted by atomic mass is 10.2. The molecule has 0 amide bonds. The van der Waals surface area contributed by atoms with Gasteiger partial charge in [0.2, 0.25) is 0 Å². The smallest absolute Gasteiger partial charge is 0.133 e. The van der Waals surface area contributed by atoms with E-state index in [2.05, 4.69) is 15.9 Å². The van der Waals surface area contributed by atoms with Gasteiger partial charge in [-0.3, -0.25) is 0 Å². The van der Waals surface area contributed by atoms with Crippen LogP contribution in [0.2, 0.25) is 0 Å². The van der Waals surface area contributed by atoms with Crippen LogP contribution < -0.4 is 4.74 Å². The number of benzene rings is 1. The van der Waals surface area contributed by atoms with Gasteiger partial charge in [0.25, 0.3) is 0 Å². The normalized spacial score (nSPS) is 10.9. The molecule has 0 spiro atoms. The third-order valence-corrected chi connectivity index (χ3v) is 3.35. The first-order valence-corrected chi connectivity index (χ1v) is 7.82. The number of halogens is 2. The van der Waals surface area contributed by atoms with Crippen LogP contribution in [0.25, 0.3) is 0 Å². The second-order valence-electron chi connectivity index (χ2n) is 4.16. The Balaban J connectivity index is 2.46. The van der Waals surface area contributed by atoms with Gasteiger partial charge >= 0.3 is 0 Å². The van der Waals surface area contributed by atoms with E-state index in [0.717, 1.165) is 0 Å². The monoisotopic (exact) mass is 364 g/mol. The first-order chi connectivity index (χ1) is 10.2. The van der Waals surface area contributed by atoms with E-state index < -0.39 is 0 Å². The predicted octanol–water partition coefficient (Wildman–Crippen LogP) is 3.56. The van der Waals surface area contributed by atoms with E-state index in [1.807, 2.05) is 13.8 Å². The first-order valence-electron chi connectivity index (χ1n) is 7.03. The van der Waals surface area contributed by atoms with Gasteiger partial charge in [0.1, 0.15) is 18.2 Å². The van der Waals surface area contributed by atoms with Crippen molar-refractivity contribution in [1.82, 2.24) is 0 Å². The molecule has 0 bridgehead atoms. The fourth-order valence-corrected chi connectivity index (χ4v) is 2.13. The molecule has 0 N–H and O–H groups in total. The van der Waals surface area contributed by atoms with E-state index in [4.69, 9.17) is 18.9 Å². The summed E-state index contributed by atoms with van der Waals surface area (Å²) >= 11 is 3.34. The van der Waals surface area contributed by atoms with Crippen LogP contribution in [0.15, 0.2) is 16.6 Å². The largest absolute Gasteiger partial charge is 0.491 e. The molecule has 4 nitrogen and oxygen atoms in total. The van der Waals surface area contributed by atoms with Gasteiger partial charge < -0.3 is 18.9 Å². The van der Waals surface area contributed by atoms with Crippen LogP contribution in [0, 0.1) is 5.82 Å². The molecule has 0 unspecified atom stereocenters. The van der Waals surface area contributed by atoms with E-state index in [1.165, 1.54) is 6.07 Å². The van der Waals surface area contributed by atoms with Crippen molar-refractivity contribution in [2.45, 2.75) is 20.5 Å². The number of hydrogen-bond acceptors (Lipinski definition) is 4. The number of rotatable bonds is 11. The van der Waals surface area contributed by atoms with Crippen LogP contribution in [0.1, 0.15) is 19.4 Å². The highest BCUT2D eigenvalue weighted by Crippen LogP contribution is 2.27. The van der Waals surface area contributed by atoms with Gasteiger partial charge in [-0.25, -0.2) is 4.39 Å². The minimum atomic E-state index is -0.354. The maximum Gasteiger partial charge on any atom is 0.133 e. The Hall–Kier alpha value is -0.690. The summed E-state index contributed by atoms with van der Waals surface area (Å²) in [6.45, 7) is 7.13. The Morgan fingerprint density at radius 2 is 1.57 bits per heavy atom. The van der Waals surface area contributed by atoms with Gasteiger partial charge in [0, 0.05) is 29.3 Å². The zero-order valence-electron chi connectivity index (χ0n) is 12.5. The molecule has 1 aromatic carbocycles. The van der Waals surface area contributed by atoms with Gasteiger partial charge in [-0.1, -0.05) is 15.9 Å². The van der Waals surface area contributed by atoms with E-state index in [-0.39, 0.29) is 12.4 Å². The summed E-state index contributed by atoms with van der Waals surface area (Å²) in [4.78, 5) is 0. The molecular formula is C15H22BrFO4. The second kappa shape index (κ2) is 11.0. The summed E-state index contributed by atoms with van der Waals surface area (Å²) < 4.78 is 35.8. The molecule has 0 aliphatic heterocycles. The molecule has 1 rings (SSSR count). The van der Waals surface area contributed by atoms with Gasteiger partial charge in [0.05, 0.1) is 26.4 Å². The molecule has 6 heteroatoms. The maximum absolute atomic E-state index is 14.0. The summed E-state index contributed by atoms with van der Waals surface area (Å²) in [5.74, 6) is 0.115. The molecule has 0 fully saturated rings. The van der Waals surface area contributed by atoms with E-state index in [9.17, 15) is 4.39 Å². The highest BCUT2D eigenvalue weighted by atomic mass is 79.9. The third kappa shape index (κ3) is 7.22. The summed E-state index contributed by atoms with van der Waals surface area (Å²) in [6.07, 6.45) is 0. The molecule has 0 heterocycles. The average Bonchev–Trinajstić information content (AvgIpc) is 2.46. The fourth-order valence-electron chi connectivity index (χ4n) is 1.60. The van der Waals surface area contributed by atoms with Crippen molar-refractivity contribution in [2.75, 3.05) is 39.6 Å². The van der Waals surface area contributed by atoms with Crippen molar-refractivity contribution in [3.8, 4) is 5.75 Å². The molecule has 0 radical (unpaired) electrons. The van der Waals surface area contributed by atoms with Crippen molar-refractivity contribution >= 4 is 15.9 Å². The number of ether oxygens (including phenoxy) is 4. The molecule has 0 saturated heterocycles. The van der Waals surface area contributed by atoms with Crippen molar-refractivity contribution in [3.05, 3.63) is 28.0 Å². The highest BCUT2D eigenvalue weighted by molar-refractivity contribution is 9.10. The van der Waals surface area contributed by atoms with Crippen LogP contribution in [0.5, 0.6) is 5.75 Å². The lowest BCUT2D eigenvalue weighted by molar-refractivity contribution is 0.0440. The third-order valence-electron chi connectivity index (χ3n) is 2.64. The van der Waals surface area contributed by atoms with Gasteiger partial charge in [0.15, 0.2) is 0 Å². The molecule has 0 atom stereocenters. The SMILES string of the molecule is CCOCCOCc1c(F)cc(OCCOCC)cc1Br. The Labute approximate surface area is 133 Å². The highest BCUT2D eigenvalue weighted by Gasteiger charge is 2.10. The van der Waals surface area contributed by atoms with Crippen molar-refractivity contribution in [3.63, 3.8) is 0 Å². The van der Waals surface area contributed by atoms with Crippen molar-refractivity contribution < 1.29 is 23.3 Å². The summed E-state index contributed by atoms with van der Waals surface area (Å²) in [6, 6.07) is 3.09. The van der Waals surface area contributed by atoms with Gasteiger partial charge in [-0.15, -0.1) is 0 Å². The van der Waals surface area contributed by atoms with Crippen LogP contribution in [-0.4, -0.2) is 39.6 Å². The summed E-state index contributed by atoms with van der Waals surface area (Å²) in [7, 11) is 0. The zero-order valence-corrected chi connectivity index (χ0v) is 14.1. The van der Waals surface area contributed by atoms with Gasteiger partial charge in [-0.2, -0.15) is 0 Å². The Morgan fingerprint density at radius 1 is 0.952 bits per heavy atom.